The van der Waals surface area contributed by atoms with Crippen molar-refractivity contribution in [2.75, 3.05) is 31.6 Å². The van der Waals surface area contributed by atoms with Crippen molar-refractivity contribution in [2.45, 2.75) is 36.3 Å². The second-order valence-corrected chi connectivity index (χ2v) is 9.81. The normalized spacial score (nSPS) is 23.7. The van der Waals surface area contributed by atoms with Gasteiger partial charge in [0.05, 0.1) is 24.3 Å². The van der Waals surface area contributed by atoms with Crippen molar-refractivity contribution in [3.8, 4) is 0 Å². The molecule has 3 heterocycles. The summed E-state index contributed by atoms with van der Waals surface area (Å²) in [5.41, 5.74) is -4.55. The Bertz CT molecular complexity index is 1370. The topological polar surface area (TPSA) is 233 Å². The van der Waals surface area contributed by atoms with Gasteiger partial charge in [0, 0.05) is 42.7 Å². The van der Waals surface area contributed by atoms with Gasteiger partial charge in [-0.05, 0) is 18.2 Å². The van der Waals surface area contributed by atoms with E-state index in [1.807, 2.05) is 5.32 Å². The molecule has 2 aromatic rings. The van der Waals surface area contributed by atoms with Gasteiger partial charge in [-0.2, -0.15) is 0 Å². The predicted molar refractivity (Wildman–Crippen MR) is 131 cm³/mol. The third-order valence-electron chi connectivity index (χ3n) is 7.25. The molecule has 1 unspecified atom stereocenters. The van der Waals surface area contributed by atoms with E-state index in [1.54, 1.807) is 0 Å². The molecule has 0 radical (unpaired) electrons. The van der Waals surface area contributed by atoms with Crippen molar-refractivity contribution in [2.24, 2.45) is 0 Å². The monoisotopic (exact) mass is 560 g/mol. The Hall–Kier alpha value is -3.51. The molecule has 2 saturated heterocycles. The van der Waals surface area contributed by atoms with Crippen LogP contribution in [0, 0.1) is 0 Å². The lowest BCUT2D eigenvalue weighted by Crippen LogP contribution is -2.67. The van der Waals surface area contributed by atoms with Crippen LogP contribution in [-0.2, 0) is 32.1 Å². The summed E-state index contributed by atoms with van der Waals surface area (Å²) in [5, 5.41) is 80.8. The summed E-state index contributed by atoms with van der Waals surface area (Å²) >= 11 is 0. The zero-order valence-electron chi connectivity index (χ0n) is 20.9. The van der Waals surface area contributed by atoms with Crippen LogP contribution in [0.4, 0.5) is 5.69 Å². The Labute approximate surface area is 226 Å². The summed E-state index contributed by atoms with van der Waals surface area (Å²) in [7, 11) is 0. The van der Waals surface area contributed by atoms with Crippen LogP contribution in [-0.4, -0.2) is 95.3 Å². The average molecular weight is 561 g/mol. The van der Waals surface area contributed by atoms with Gasteiger partial charge in [-0.25, -0.2) is 9.80 Å². The number of imide groups is 1. The molecular formula is C25H28N4O11. The van der Waals surface area contributed by atoms with Crippen LogP contribution < -0.4 is 10.6 Å². The number of benzene rings is 2. The van der Waals surface area contributed by atoms with E-state index in [2.05, 4.69) is 5.32 Å². The highest BCUT2D eigenvalue weighted by atomic mass is 16.5. The molecule has 3 aliphatic rings. The van der Waals surface area contributed by atoms with Crippen LogP contribution in [0.1, 0.15) is 39.9 Å². The predicted octanol–water partition coefficient (Wildman–Crippen LogP) is -3.00. The molecule has 2 aromatic carbocycles. The zero-order chi connectivity index (χ0) is 29.1. The third-order valence-corrected chi connectivity index (χ3v) is 7.25. The maximum absolute atomic E-state index is 13.2. The summed E-state index contributed by atoms with van der Waals surface area (Å²) in [4.78, 5) is 38.7. The van der Waals surface area contributed by atoms with Crippen molar-refractivity contribution in [3.05, 3.63) is 64.7 Å². The van der Waals surface area contributed by atoms with Crippen LogP contribution in [0.5, 0.6) is 0 Å². The molecule has 15 heteroatoms. The number of aliphatic hydroxyl groups is 7. The average Bonchev–Trinajstić information content (AvgIpc) is 3.12. The van der Waals surface area contributed by atoms with Crippen molar-refractivity contribution < 1.29 is 54.9 Å². The van der Waals surface area contributed by atoms with Gasteiger partial charge < -0.3 is 45.8 Å². The molecule has 40 heavy (non-hydrogen) atoms. The largest absolute Gasteiger partial charge is 0.379 e. The third kappa shape index (κ3) is 4.43. The summed E-state index contributed by atoms with van der Waals surface area (Å²) < 4.78 is 5.22. The maximum atomic E-state index is 13.2. The molecule has 0 bridgehead atoms. The first-order valence-corrected chi connectivity index (χ1v) is 12.3. The summed E-state index contributed by atoms with van der Waals surface area (Å²) in [6, 6.07) is 8.71. The Balaban J connectivity index is 1.48. The second kappa shape index (κ2) is 9.55. The Morgan fingerprint density at radius 1 is 0.925 bits per heavy atom. The van der Waals surface area contributed by atoms with Crippen molar-refractivity contribution in [1.29, 1.82) is 0 Å². The number of hydrogen-bond donors (Lipinski definition) is 9. The van der Waals surface area contributed by atoms with Crippen molar-refractivity contribution in [1.82, 2.24) is 15.1 Å². The fourth-order valence-corrected chi connectivity index (χ4v) is 5.16. The second-order valence-electron chi connectivity index (χ2n) is 9.81. The molecule has 3 amide bonds. The van der Waals surface area contributed by atoms with Gasteiger partial charge >= 0.3 is 0 Å². The smallest absolute Gasteiger partial charge is 0.283 e. The van der Waals surface area contributed by atoms with Gasteiger partial charge in [-0.3, -0.25) is 19.7 Å². The molecule has 0 aliphatic carbocycles. The molecule has 0 saturated carbocycles. The van der Waals surface area contributed by atoms with Crippen LogP contribution >= 0.6 is 0 Å². The number of fused-ring (bicyclic) bond motifs is 1. The first-order chi connectivity index (χ1) is 18.7. The summed E-state index contributed by atoms with van der Waals surface area (Å²) in [5.74, 6) is -12.0. The maximum Gasteiger partial charge on any atom is 0.283 e. The van der Waals surface area contributed by atoms with Crippen molar-refractivity contribution in [3.63, 3.8) is 0 Å². The van der Waals surface area contributed by atoms with Gasteiger partial charge in [0.1, 0.15) is 0 Å². The van der Waals surface area contributed by atoms with E-state index < -0.39 is 59.6 Å². The number of nitrogens with one attached hydrogen (secondary N) is 2. The number of piperidine rings is 1. The number of hydrogen-bond acceptors (Lipinski definition) is 13. The lowest BCUT2D eigenvalue weighted by atomic mass is 9.99. The first-order valence-electron chi connectivity index (χ1n) is 12.3. The standard InChI is InChI=1S/C25H28N4O11/c30-18-7-8-22(33,21(32)26-18)29-20(31)16-5-2-6-17(19(16)25(29,38)39)27-23(34,35)14-3-1-4-15(13-14)24(36,37)28-9-11-40-12-10-28/h1-6,13,27,33-39H,7-12H2,(H,26,30,32). The molecule has 214 valence electrons. The Morgan fingerprint density at radius 2 is 1.57 bits per heavy atom. The fourth-order valence-electron chi connectivity index (χ4n) is 5.16. The molecule has 3 aliphatic heterocycles. The van der Waals surface area contributed by atoms with Gasteiger partial charge in [0.15, 0.2) is 0 Å². The van der Waals surface area contributed by atoms with Gasteiger partial charge in [-0.1, -0.05) is 24.3 Å². The lowest BCUT2D eigenvalue weighted by Gasteiger charge is -2.42. The van der Waals surface area contributed by atoms with E-state index in [4.69, 9.17) is 4.74 Å². The van der Waals surface area contributed by atoms with E-state index in [0.29, 0.717) is 0 Å². The van der Waals surface area contributed by atoms with E-state index >= 15 is 0 Å². The fraction of sp³-hybridized carbons (Fsp3) is 0.400. The van der Waals surface area contributed by atoms with E-state index in [9.17, 15) is 50.1 Å². The lowest BCUT2D eigenvalue weighted by molar-refractivity contribution is -0.302. The molecule has 9 N–H and O–H groups in total. The number of carbonyl (C=O) groups excluding carboxylic acids is 3. The minimum atomic E-state index is -3.33. The summed E-state index contributed by atoms with van der Waals surface area (Å²) in [6.07, 6.45) is -1.01. The van der Waals surface area contributed by atoms with Gasteiger partial charge in [-0.15, -0.1) is 0 Å². The highest BCUT2D eigenvalue weighted by Gasteiger charge is 2.62. The number of carbonyl (C=O) groups is 3. The van der Waals surface area contributed by atoms with Gasteiger partial charge in [0.25, 0.3) is 29.5 Å². The molecule has 5 rings (SSSR count). The van der Waals surface area contributed by atoms with E-state index in [0.717, 1.165) is 6.07 Å². The summed E-state index contributed by atoms with van der Waals surface area (Å²) in [6.45, 7) is 0.931. The molecule has 2 fully saturated rings. The first kappa shape index (κ1) is 28.0. The van der Waals surface area contributed by atoms with Crippen LogP contribution in [0.15, 0.2) is 42.5 Å². The van der Waals surface area contributed by atoms with Gasteiger partial charge in [0.2, 0.25) is 11.6 Å². The minimum Gasteiger partial charge on any atom is -0.379 e. The number of amides is 3. The number of anilines is 1. The number of rotatable bonds is 6. The molecule has 0 aromatic heterocycles. The zero-order valence-corrected chi connectivity index (χ0v) is 20.9. The van der Waals surface area contributed by atoms with E-state index in [1.165, 1.54) is 41.3 Å². The molecule has 15 nitrogen and oxygen atoms in total. The van der Waals surface area contributed by atoms with Crippen LogP contribution in [0.2, 0.25) is 0 Å². The Morgan fingerprint density at radius 3 is 2.25 bits per heavy atom. The minimum absolute atomic E-state index is 0.0976. The highest BCUT2D eigenvalue weighted by molar-refractivity contribution is 6.08. The number of ether oxygens (including phenoxy) is 1. The van der Waals surface area contributed by atoms with Crippen LogP contribution in [0.25, 0.3) is 0 Å². The van der Waals surface area contributed by atoms with E-state index in [-0.39, 0.29) is 53.6 Å². The quantitative estimate of drug-likeness (QED) is 0.127. The highest BCUT2D eigenvalue weighted by Crippen LogP contribution is 2.45. The number of morpholine rings is 1. The SMILES string of the molecule is O=C1CCC(O)(N2C(=O)c3cccc(NC(O)(O)c4cccc(C(O)(O)N5CCOCC5)c4)c3C2(O)O)C(=O)N1. The molecule has 1 atom stereocenters. The molecular weight excluding hydrogens is 532 g/mol. The van der Waals surface area contributed by atoms with Crippen LogP contribution in [0.3, 0.4) is 0 Å². The van der Waals surface area contributed by atoms with Crippen molar-refractivity contribution >= 4 is 23.4 Å². The molecule has 0 spiro atoms. The Kier molecular flexibility index (Phi) is 6.69. The number of nitrogens with zero attached hydrogens (tertiary/aromatic N) is 2.